The highest BCUT2D eigenvalue weighted by molar-refractivity contribution is 5.91. The van der Waals surface area contributed by atoms with Crippen LogP contribution in [0.25, 0.3) is 5.76 Å². The molecule has 0 aliphatic carbocycles. The largest absolute Gasteiger partial charge is 0.448 e. The van der Waals surface area contributed by atoms with Crippen molar-refractivity contribution in [3.63, 3.8) is 0 Å². The third-order valence-corrected chi connectivity index (χ3v) is 3.21. The molecule has 1 aliphatic heterocycles. The fourth-order valence-corrected chi connectivity index (χ4v) is 2.18. The van der Waals surface area contributed by atoms with Gasteiger partial charge >= 0.3 is 5.90 Å². The number of rotatable bonds is 2. The molecule has 0 fully saturated rings. The van der Waals surface area contributed by atoms with Crippen LogP contribution in [0.1, 0.15) is 5.56 Å². The predicted octanol–water partition coefficient (Wildman–Crippen LogP) is 3.40. The van der Waals surface area contributed by atoms with Gasteiger partial charge in [0.2, 0.25) is 5.69 Å². The second kappa shape index (κ2) is 5.61. The smallest absolute Gasteiger partial charge is 0.374 e. The Hall–Kier alpha value is -2.55. The summed E-state index contributed by atoms with van der Waals surface area (Å²) in [4.78, 5) is 0. The number of hydrogen-bond acceptors (Lipinski definition) is 2. The van der Waals surface area contributed by atoms with Crippen LogP contribution in [0.3, 0.4) is 0 Å². The third-order valence-electron chi connectivity index (χ3n) is 3.21. The van der Waals surface area contributed by atoms with Gasteiger partial charge in [0.1, 0.15) is 5.76 Å². The van der Waals surface area contributed by atoms with Crippen molar-refractivity contribution in [1.82, 2.24) is 0 Å². The molecular formula is C17H16NO2+. The maximum Gasteiger partial charge on any atom is 0.374 e. The lowest BCUT2D eigenvalue weighted by molar-refractivity contribution is -0.492. The second-order valence-electron chi connectivity index (χ2n) is 4.45. The van der Waals surface area contributed by atoms with Crippen LogP contribution in [-0.4, -0.2) is 24.3 Å². The van der Waals surface area contributed by atoms with Crippen molar-refractivity contribution < 1.29 is 14.0 Å². The first-order valence-electron chi connectivity index (χ1n) is 6.52. The Kier molecular flexibility index (Phi) is 3.50. The molecule has 2 aromatic carbocycles. The molecule has 3 rings (SSSR count). The van der Waals surface area contributed by atoms with E-state index in [1.54, 1.807) is 7.11 Å². The van der Waals surface area contributed by atoms with E-state index in [1.807, 2.05) is 71.3 Å². The summed E-state index contributed by atoms with van der Waals surface area (Å²) in [7, 11) is 1.68. The van der Waals surface area contributed by atoms with E-state index in [-0.39, 0.29) is 0 Å². The molecule has 3 nitrogen and oxygen atoms in total. The maximum absolute atomic E-state index is 5.85. The minimum atomic E-state index is 0.438. The maximum atomic E-state index is 5.85. The van der Waals surface area contributed by atoms with Crippen LogP contribution in [0.5, 0.6) is 0 Å². The van der Waals surface area contributed by atoms with Crippen molar-refractivity contribution in [3.8, 4) is 0 Å². The van der Waals surface area contributed by atoms with Gasteiger partial charge in [0.15, 0.2) is 0 Å². The highest BCUT2D eigenvalue weighted by Crippen LogP contribution is 2.22. The van der Waals surface area contributed by atoms with Gasteiger partial charge < -0.3 is 9.47 Å². The third kappa shape index (κ3) is 2.43. The topological polar surface area (TPSA) is 21.5 Å². The first kappa shape index (κ1) is 12.5. The Morgan fingerprint density at radius 3 is 2.25 bits per heavy atom. The number of methoxy groups -OCH3 is 1. The van der Waals surface area contributed by atoms with Gasteiger partial charge in [-0.05, 0) is 0 Å². The minimum absolute atomic E-state index is 0.438. The van der Waals surface area contributed by atoms with Gasteiger partial charge in [-0.15, -0.1) is 4.58 Å². The SMILES string of the molecule is COC1=[N+](c2ccccc2)COC(c2ccccc2)=C1. The Labute approximate surface area is 118 Å². The highest BCUT2D eigenvalue weighted by Gasteiger charge is 2.24. The Morgan fingerprint density at radius 1 is 0.950 bits per heavy atom. The molecule has 3 heteroatoms. The van der Waals surface area contributed by atoms with Crippen molar-refractivity contribution in [2.24, 2.45) is 0 Å². The lowest BCUT2D eigenvalue weighted by Crippen LogP contribution is -2.24. The highest BCUT2D eigenvalue weighted by atomic mass is 16.5. The predicted molar refractivity (Wildman–Crippen MR) is 78.7 cm³/mol. The van der Waals surface area contributed by atoms with Crippen molar-refractivity contribution >= 4 is 17.3 Å². The number of hydrogen-bond donors (Lipinski definition) is 0. The summed E-state index contributed by atoms with van der Waals surface area (Å²) in [6.07, 6.45) is 1.92. The summed E-state index contributed by atoms with van der Waals surface area (Å²) in [5.41, 5.74) is 2.10. The Morgan fingerprint density at radius 2 is 1.60 bits per heavy atom. The van der Waals surface area contributed by atoms with Crippen LogP contribution >= 0.6 is 0 Å². The second-order valence-corrected chi connectivity index (χ2v) is 4.45. The molecule has 2 aromatic rings. The van der Waals surface area contributed by atoms with E-state index < -0.39 is 0 Å². The fourth-order valence-electron chi connectivity index (χ4n) is 2.18. The van der Waals surface area contributed by atoms with Crippen molar-refractivity contribution in [1.29, 1.82) is 0 Å². The van der Waals surface area contributed by atoms with Gasteiger partial charge in [-0.1, -0.05) is 48.5 Å². The lowest BCUT2D eigenvalue weighted by atomic mass is 10.1. The quantitative estimate of drug-likeness (QED) is 0.777. The summed E-state index contributed by atoms with van der Waals surface area (Å²) >= 11 is 0. The molecule has 20 heavy (non-hydrogen) atoms. The molecule has 0 unspecified atom stereocenters. The molecule has 100 valence electrons. The molecule has 0 amide bonds. The van der Waals surface area contributed by atoms with Crippen molar-refractivity contribution in [3.05, 3.63) is 72.3 Å². The number of nitrogens with zero attached hydrogens (tertiary/aromatic N) is 1. The minimum Gasteiger partial charge on any atom is -0.448 e. The zero-order valence-corrected chi connectivity index (χ0v) is 11.3. The molecular weight excluding hydrogens is 250 g/mol. The molecule has 1 heterocycles. The summed E-state index contributed by atoms with van der Waals surface area (Å²) in [5, 5.41) is 0. The molecule has 0 aromatic heterocycles. The molecule has 0 N–H and O–H groups in total. The van der Waals surface area contributed by atoms with Crippen LogP contribution < -0.4 is 0 Å². The van der Waals surface area contributed by atoms with Gasteiger partial charge in [0, 0.05) is 17.7 Å². The van der Waals surface area contributed by atoms with Gasteiger partial charge in [-0.3, -0.25) is 0 Å². The molecule has 0 saturated heterocycles. The first-order chi connectivity index (χ1) is 9.88. The lowest BCUT2D eigenvalue weighted by Gasteiger charge is -2.15. The van der Waals surface area contributed by atoms with E-state index in [0.29, 0.717) is 6.73 Å². The van der Waals surface area contributed by atoms with Gasteiger partial charge in [0.05, 0.1) is 13.2 Å². The Bertz CT molecular complexity index is 645. The average Bonchev–Trinajstić information content (AvgIpc) is 2.56. The zero-order chi connectivity index (χ0) is 13.8. The van der Waals surface area contributed by atoms with Crippen molar-refractivity contribution in [2.75, 3.05) is 13.8 Å². The molecule has 0 saturated carbocycles. The molecule has 1 aliphatic rings. The molecule has 0 atom stereocenters. The van der Waals surface area contributed by atoms with E-state index in [1.165, 1.54) is 0 Å². The molecule has 0 bridgehead atoms. The normalized spacial score (nSPS) is 14.6. The average molecular weight is 266 g/mol. The van der Waals surface area contributed by atoms with Gasteiger partial charge in [-0.25, -0.2) is 0 Å². The summed E-state index contributed by atoms with van der Waals surface area (Å²) in [6, 6.07) is 20.1. The van der Waals surface area contributed by atoms with E-state index in [0.717, 1.165) is 22.9 Å². The number of benzene rings is 2. The monoisotopic (exact) mass is 266 g/mol. The summed E-state index contributed by atoms with van der Waals surface area (Å²) < 4.78 is 13.3. The van der Waals surface area contributed by atoms with E-state index in [2.05, 4.69) is 0 Å². The van der Waals surface area contributed by atoms with Crippen LogP contribution in [0.2, 0.25) is 0 Å². The van der Waals surface area contributed by atoms with Crippen LogP contribution in [0.15, 0.2) is 66.7 Å². The van der Waals surface area contributed by atoms with Crippen LogP contribution in [0, 0.1) is 0 Å². The van der Waals surface area contributed by atoms with E-state index in [9.17, 15) is 0 Å². The molecule has 0 spiro atoms. The standard InChI is InChI=1S/C17H16NO2/c1-19-17-12-16(14-8-4-2-5-9-14)20-13-18(17)15-10-6-3-7-11-15/h2-12H,13H2,1H3/q+1. The fraction of sp³-hybridized carbons (Fsp3) is 0.118. The van der Waals surface area contributed by atoms with E-state index in [4.69, 9.17) is 9.47 Å². The van der Waals surface area contributed by atoms with Gasteiger partial charge in [0.25, 0.3) is 6.73 Å². The van der Waals surface area contributed by atoms with E-state index >= 15 is 0 Å². The van der Waals surface area contributed by atoms with Crippen LogP contribution in [0.4, 0.5) is 5.69 Å². The van der Waals surface area contributed by atoms with Crippen LogP contribution in [-0.2, 0) is 9.47 Å². The number of ether oxygens (including phenoxy) is 2. The zero-order valence-electron chi connectivity index (χ0n) is 11.3. The number of para-hydroxylation sites is 1. The van der Waals surface area contributed by atoms with Crippen molar-refractivity contribution in [2.45, 2.75) is 0 Å². The van der Waals surface area contributed by atoms with Gasteiger partial charge in [-0.2, -0.15) is 0 Å². The summed E-state index contributed by atoms with van der Waals surface area (Å²) in [5.74, 6) is 1.61. The Balaban J connectivity index is 2.01. The first-order valence-corrected chi connectivity index (χ1v) is 6.52. The summed E-state index contributed by atoms with van der Waals surface area (Å²) in [6.45, 7) is 0.438. The molecule has 0 radical (unpaired) electrons.